The molecule has 22 heavy (non-hydrogen) atoms. The first-order chi connectivity index (χ1) is 10.5. The molecule has 1 amide bonds. The smallest absolute Gasteiger partial charge is 0.293 e. The number of nitro benzene ring substituents is 1. The third-order valence-electron chi connectivity index (χ3n) is 4.09. The summed E-state index contributed by atoms with van der Waals surface area (Å²) in [6.45, 7) is 3.71. The van der Waals surface area contributed by atoms with E-state index in [9.17, 15) is 14.9 Å². The standard InChI is InChI=1S/C16H22N2O3S/c1-11-8-14(15(18(20)21)9-12(11)2)17-16(19)10-22-13-6-4-3-5-7-13/h8-9,13H,3-7,10H2,1-2H3,(H,17,19). The van der Waals surface area contributed by atoms with Gasteiger partial charge in [0.15, 0.2) is 0 Å². The Morgan fingerprint density at radius 2 is 1.91 bits per heavy atom. The topological polar surface area (TPSA) is 72.2 Å². The largest absolute Gasteiger partial charge is 0.320 e. The van der Waals surface area contributed by atoms with Crippen LogP contribution in [0.3, 0.4) is 0 Å². The number of thioether (sulfide) groups is 1. The third-order valence-corrected chi connectivity index (χ3v) is 5.46. The molecule has 1 fully saturated rings. The Morgan fingerprint density at radius 1 is 1.27 bits per heavy atom. The molecule has 0 saturated heterocycles. The van der Waals surface area contributed by atoms with E-state index < -0.39 is 4.92 Å². The molecule has 0 aliphatic heterocycles. The molecule has 5 nitrogen and oxygen atoms in total. The maximum absolute atomic E-state index is 12.1. The normalized spacial score (nSPS) is 15.5. The molecule has 1 saturated carbocycles. The van der Waals surface area contributed by atoms with Crippen LogP contribution >= 0.6 is 11.8 Å². The first kappa shape index (κ1) is 16.8. The molecule has 0 heterocycles. The molecule has 1 aromatic rings. The number of benzene rings is 1. The van der Waals surface area contributed by atoms with Crippen LogP contribution in [-0.4, -0.2) is 21.8 Å². The van der Waals surface area contributed by atoms with Crippen LogP contribution in [-0.2, 0) is 4.79 Å². The Kier molecular flexibility index (Phi) is 5.83. The number of nitrogens with one attached hydrogen (secondary N) is 1. The summed E-state index contributed by atoms with van der Waals surface area (Å²) >= 11 is 1.66. The van der Waals surface area contributed by atoms with Gasteiger partial charge < -0.3 is 5.32 Å². The average Bonchev–Trinajstić information content (AvgIpc) is 2.49. The lowest BCUT2D eigenvalue weighted by Crippen LogP contribution is -2.18. The minimum Gasteiger partial charge on any atom is -0.320 e. The maximum atomic E-state index is 12.1. The van der Waals surface area contributed by atoms with Crippen molar-refractivity contribution >= 4 is 29.0 Å². The molecule has 2 rings (SSSR count). The van der Waals surface area contributed by atoms with E-state index in [1.807, 2.05) is 13.8 Å². The van der Waals surface area contributed by atoms with E-state index in [0.717, 1.165) is 11.1 Å². The van der Waals surface area contributed by atoms with Crippen LogP contribution in [0.1, 0.15) is 43.2 Å². The number of carbonyl (C=O) groups excluding carboxylic acids is 1. The number of anilines is 1. The zero-order valence-corrected chi connectivity index (χ0v) is 13.9. The number of amides is 1. The van der Waals surface area contributed by atoms with Crippen LogP contribution in [0, 0.1) is 24.0 Å². The molecule has 6 heteroatoms. The fraction of sp³-hybridized carbons (Fsp3) is 0.562. The van der Waals surface area contributed by atoms with Crippen LogP contribution in [0.4, 0.5) is 11.4 Å². The van der Waals surface area contributed by atoms with Gasteiger partial charge in [0.1, 0.15) is 5.69 Å². The zero-order chi connectivity index (χ0) is 16.1. The summed E-state index contributed by atoms with van der Waals surface area (Å²) in [5, 5.41) is 14.4. The predicted molar refractivity (Wildman–Crippen MR) is 90.5 cm³/mol. The number of hydrogen-bond donors (Lipinski definition) is 1. The summed E-state index contributed by atoms with van der Waals surface area (Å²) in [5.74, 6) is 0.191. The minimum absolute atomic E-state index is 0.0425. The summed E-state index contributed by atoms with van der Waals surface area (Å²) in [7, 11) is 0. The number of nitro groups is 1. The molecule has 1 aliphatic rings. The summed E-state index contributed by atoms with van der Waals surface area (Å²) in [6.07, 6.45) is 6.10. The number of rotatable bonds is 5. The Hall–Kier alpha value is -1.56. The van der Waals surface area contributed by atoms with Gasteiger partial charge in [0, 0.05) is 11.3 Å². The summed E-state index contributed by atoms with van der Waals surface area (Å²) in [5.41, 5.74) is 2.03. The SMILES string of the molecule is Cc1cc(NC(=O)CSC2CCCCC2)c([N+](=O)[O-])cc1C. The maximum Gasteiger partial charge on any atom is 0.293 e. The van der Waals surface area contributed by atoms with E-state index in [4.69, 9.17) is 0 Å². The Bertz CT molecular complexity index is 569. The van der Waals surface area contributed by atoms with Gasteiger partial charge in [-0.1, -0.05) is 19.3 Å². The fourth-order valence-electron chi connectivity index (χ4n) is 2.66. The van der Waals surface area contributed by atoms with Crippen molar-refractivity contribution in [3.8, 4) is 0 Å². The van der Waals surface area contributed by atoms with Crippen molar-refractivity contribution in [3.63, 3.8) is 0 Å². The zero-order valence-electron chi connectivity index (χ0n) is 13.1. The van der Waals surface area contributed by atoms with E-state index in [1.165, 1.54) is 38.2 Å². The molecular weight excluding hydrogens is 300 g/mol. The van der Waals surface area contributed by atoms with E-state index in [0.29, 0.717) is 16.7 Å². The van der Waals surface area contributed by atoms with Crippen molar-refractivity contribution in [1.29, 1.82) is 0 Å². The lowest BCUT2D eigenvalue weighted by Gasteiger charge is -2.20. The molecular formula is C16H22N2O3S. The Labute approximate surface area is 135 Å². The molecule has 1 N–H and O–H groups in total. The van der Waals surface area contributed by atoms with Crippen molar-refractivity contribution in [2.24, 2.45) is 0 Å². The van der Waals surface area contributed by atoms with Gasteiger partial charge >= 0.3 is 0 Å². The van der Waals surface area contributed by atoms with Crippen LogP contribution < -0.4 is 5.32 Å². The molecule has 0 aromatic heterocycles. The Morgan fingerprint density at radius 3 is 2.55 bits per heavy atom. The summed E-state index contributed by atoms with van der Waals surface area (Å²) in [4.78, 5) is 22.7. The van der Waals surface area contributed by atoms with Crippen LogP contribution in [0.15, 0.2) is 12.1 Å². The second-order valence-corrected chi connectivity index (χ2v) is 7.12. The third kappa shape index (κ3) is 4.47. The molecule has 120 valence electrons. The number of carbonyl (C=O) groups is 1. The van der Waals surface area contributed by atoms with Gasteiger partial charge in [-0.3, -0.25) is 14.9 Å². The van der Waals surface area contributed by atoms with Crippen LogP contribution in [0.25, 0.3) is 0 Å². The van der Waals surface area contributed by atoms with E-state index >= 15 is 0 Å². The fourth-order valence-corrected chi connectivity index (χ4v) is 3.79. The molecule has 0 atom stereocenters. The summed E-state index contributed by atoms with van der Waals surface area (Å²) < 4.78 is 0. The van der Waals surface area contributed by atoms with Gasteiger partial charge in [-0.15, -0.1) is 11.8 Å². The second-order valence-electron chi connectivity index (χ2n) is 5.83. The Balaban J connectivity index is 1.98. The molecule has 0 bridgehead atoms. The molecule has 1 aliphatic carbocycles. The number of hydrogen-bond acceptors (Lipinski definition) is 4. The van der Waals surface area contributed by atoms with Gasteiger partial charge in [-0.25, -0.2) is 0 Å². The summed E-state index contributed by atoms with van der Waals surface area (Å²) in [6, 6.07) is 3.19. The highest BCUT2D eigenvalue weighted by atomic mass is 32.2. The van der Waals surface area contributed by atoms with Gasteiger partial charge in [0.2, 0.25) is 5.91 Å². The van der Waals surface area contributed by atoms with E-state index in [1.54, 1.807) is 17.8 Å². The van der Waals surface area contributed by atoms with Gasteiger partial charge in [-0.2, -0.15) is 0 Å². The van der Waals surface area contributed by atoms with Crippen LogP contribution in [0.2, 0.25) is 0 Å². The van der Waals surface area contributed by atoms with Crippen molar-refractivity contribution in [2.75, 3.05) is 11.1 Å². The van der Waals surface area contributed by atoms with Crippen LogP contribution in [0.5, 0.6) is 0 Å². The highest BCUT2D eigenvalue weighted by Crippen LogP contribution is 2.30. The first-order valence-electron chi connectivity index (χ1n) is 7.64. The molecule has 0 radical (unpaired) electrons. The molecule has 1 aromatic carbocycles. The molecule has 0 spiro atoms. The van der Waals surface area contributed by atoms with E-state index in [-0.39, 0.29) is 11.6 Å². The highest BCUT2D eigenvalue weighted by Gasteiger charge is 2.19. The minimum atomic E-state index is -0.448. The van der Waals surface area contributed by atoms with Crippen molar-refractivity contribution in [2.45, 2.75) is 51.2 Å². The predicted octanol–water partition coefficient (Wildman–Crippen LogP) is 4.22. The van der Waals surface area contributed by atoms with Gasteiger partial charge in [-0.05, 0) is 43.9 Å². The number of nitrogens with zero attached hydrogens (tertiary/aromatic N) is 1. The quantitative estimate of drug-likeness (QED) is 0.651. The van der Waals surface area contributed by atoms with Crippen molar-refractivity contribution in [3.05, 3.63) is 33.4 Å². The van der Waals surface area contributed by atoms with Crippen molar-refractivity contribution < 1.29 is 9.72 Å². The molecule has 0 unspecified atom stereocenters. The first-order valence-corrected chi connectivity index (χ1v) is 8.69. The number of aryl methyl sites for hydroxylation is 2. The van der Waals surface area contributed by atoms with E-state index in [2.05, 4.69) is 5.32 Å². The van der Waals surface area contributed by atoms with Gasteiger partial charge in [0.25, 0.3) is 5.69 Å². The van der Waals surface area contributed by atoms with Crippen molar-refractivity contribution in [1.82, 2.24) is 0 Å². The highest BCUT2D eigenvalue weighted by molar-refractivity contribution is 8.00. The lowest BCUT2D eigenvalue weighted by molar-refractivity contribution is -0.384. The monoisotopic (exact) mass is 322 g/mol. The average molecular weight is 322 g/mol. The lowest BCUT2D eigenvalue weighted by atomic mass is 10.0. The second kappa shape index (κ2) is 7.63. The van der Waals surface area contributed by atoms with Gasteiger partial charge in [0.05, 0.1) is 10.7 Å².